The minimum Gasteiger partial charge on any atom is -0.316 e. The first kappa shape index (κ1) is 13.6. The molecule has 4 heteroatoms. The Kier molecular flexibility index (Phi) is 5.38. The molecule has 4 atom stereocenters. The van der Waals surface area contributed by atoms with Gasteiger partial charge in [0.25, 0.3) is 0 Å². The second-order valence-electron chi connectivity index (χ2n) is 4.79. The Bertz CT molecular complexity index is 232. The van der Waals surface area contributed by atoms with E-state index >= 15 is 0 Å². The van der Waals surface area contributed by atoms with Crippen LogP contribution < -0.4 is 16.4 Å². The van der Waals surface area contributed by atoms with Gasteiger partial charge in [0, 0.05) is 19.0 Å². The molecule has 1 heterocycles. The molecule has 1 aliphatic heterocycles. The second-order valence-corrected chi connectivity index (χ2v) is 4.79. The third-order valence-electron chi connectivity index (χ3n) is 3.55. The zero-order chi connectivity index (χ0) is 12.1. The maximum Gasteiger partial charge on any atom is 0.149 e. The number of Topliss-reactive ketones (excluding diaryl/α,β-unsaturated/α-hetero) is 1. The standard InChI is InChI=1S/C12H25N3O/c1-4-8(3)12(13)15-9-6-10(14-7-9)11(16)5-2/h8-10,12,14-15H,4-7,13H2,1-3H3/t8?,9-,10-,12?/m0/s1. The van der Waals surface area contributed by atoms with E-state index < -0.39 is 0 Å². The highest BCUT2D eigenvalue weighted by atomic mass is 16.1. The van der Waals surface area contributed by atoms with Crippen molar-refractivity contribution in [1.29, 1.82) is 0 Å². The van der Waals surface area contributed by atoms with Crippen molar-refractivity contribution in [2.45, 2.75) is 58.3 Å². The molecule has 0 amide bonds. The molecule has 0 saturated carbocycles. The van der Waals surface area contributed by atoms with E-state index in [9.17, 15) is 4.79 Å². The Morgan fingerprint density at radius 2 is 2.25 bits per heavy atom. The summed E-state index contributed by atoms with van der Waals surface area (Å²) >= 11 is 0. The first-order valence-corrected chi connectivity index (χ1v) is 6.36. The van der Waals surface area contributed by atoms with Gasteiger partial charge in [-0.05, 0) is 12.3 Å². The summed E-state index contributed by atoms with van der Waals surface area (Å²) in [6, 6.07) is 0.371. The molecule has 16 heavy (non-hydrogen) atoms. The molecule has 0 aromatic heterocycles. The Hall–Kier alpha value is -0.450. The fraction of sp³-hybridized carbons (Fsp3) is 0.917. The lowest BCUT2D eigenvalue weighted by molar-refractivity contribution is -0.120. The number of hydrogen-bond acceptors (Lipinski definition) is 4. The molecule has 94 valence electrons. The van der Waals surface area contributed by atoms with Crippen LogP contribution >= 0.6 is 0 Å². The van der Waals surface area contributed by atoms with Gasteiger partial charge in [0.2, 0.25) is 0 Å². The summed E-state index contributed by atoms with van der Waals surface area (Å²) in [6.45, 7) is 7.05. The zero-order valence-electron chi connectivity index (χ0n) is 10.6. The van der Waals surface area contributed by atoms with Gasteiger partial charge >= 0.3 is 0 Å². The van der Waals surface area contributed by atoms with E-state index in [0.29, 0.717) is 24.2 Å². The van der Waals surface area contributed by atoms with Gasteiger partial charge in [-0.3, -0.25) is 10.1 Å². The Labute approximate surface area is 98.3 Å². The molecule has 1 fully saturated rings. The van der Waals surface area contributed by atoms with Gasteiger partial charge in [-0.1, -0.05) is 27.2 Å². The molecule has 4 N–H and O–H groups in total. The monoisotopic (exact) mass is 227 g/mol. The Morgan fingerprint density at radius 1 is 1.56 bits per heavy atom. The van der Waals surface area contributed by atoms with Crippen LogP contribution in [0.15, 0.2) is 0 Å². The molecule has 0 radical (unpaired) electrons. The lowest BCUT2D eigenvalue weighted by Crippen LogP contribution is -2.48. The SMILES string of the molecule is CCC(=O)[C@@H]1C[C@H](NC(N)C(C)CC)CN1. The molecular weight excluding hydrogens is 202 g/mol. The third kappa shape index (κ3) is 3.54. The number of rotatable bonds is 6. The quantitative estimate of drug-likeness (QED) is 0.582. The predicted molar refractivity (Wildman–Crippen MR) is 66.1 cm³/mol. The van der Waals surface area contributed by atoms with Gasteiger partial charge in [-0.15, -0.1) is 0 Å². The van der Waals surface area contributed by atoms with E-state index in [-0.39, 0.29) is 12.2 Å². The van der Waals surface area contributed by atoms with Gasteiger partial charge in [0.05, 0.1) is 12.2 Å². The van der Waals surface area contributed by atoms with E-state index in [0.717, 1.165) is 19.4 Å². The molecule has 0 aromatic rings. The second kappa shape index (κ2) is 6.33. The highest BCUT2D eigenvalue weighted by molar-refractivity contribution is 5.84. The summed E-state index contributed by atoms with van der Waals surface area (Å²) in [5.74, 6) is 0.780. The molecule has 0 bridgehead atoms. The van der Waals surface area contributed by atoms with Crippen LogP contribution in [0.2, 0.25) is 0 Å². The first-order chi connectivity index (χ1) is 7.58. The summed E-state index contributed by atoms with van der Waals surface area (Å²) in [4.78, 5) is 11.5. The van der Waals surface area contributed by atoms with E-state index in [1.54, 1.807) is 0 Å². The molecule has 1 rings (SSSR count). The predicted octanol–water partition coefficient (Wildman–Crippen LogP) is 0.617. The van der Waals surface area contributed by atoms with E-state index in [4.69, 9.17) is 5.73 Å². The fourth-order valence-electron chi connectivity index (χ4n) is 2.04. The van der Waals surface area contributed by atoms with E-state index in [1.807, 2.05) is 6.92 Å². The van der Waals surface area contributed by atoms with Crippen LogP contribution in [0.4, 0.5) is 0 Å². The summed E-state index contributed by atoms with van der Waals surface area (Å²) in [6.07, 6.45) is 2.59. The molecule has 0 aromatic carbocycles. The van der Waals surface area contributed by atoms with Gasteiger partial charge < -0.3 is 11.1 Å². The maximum atomic E-state index is 11.5. The number of carbonyl (C=O) groups excluding carboxylic acids is 1. The molecule has 0 spiro atoms. The smallest absolute Gasteiger partial charge is 0.149 e. The average Bonchev–Trinajstić information content (AvgIpc) is 2.75. The molecule has 1 aliphatic rings. The average molecular weight is 227 g/mol. The van der Waals surface area contributed by atoms with Crippen molar-refractivity contribution in [2.24, 2.45) is 11.7 Å². The van der Waals surface area contributed by atoms with Gasteiger partial charge in [-0.25, -0.2) is 0 Å². The van der Waals surface area contributed by atoms with E-state index in [2.05, 4.69) is 24.5 Å². The zero-order valence-corrected chi connectivity index (χ0v) is 10.6. The summed E-state index contributed by atoms with van der Waals surface area (Å²) in [7, 11) is 0. The number of carbonyl (C=O) groups is 1. The van der Waals surface area contributed by atoms with Gasteiger partial charge in [0.1, 0.15) is 5.78 Å². The molecule has 1 saturated heterocycles. The minimum atomic E-state index is 0.0339. The topological polar surface area (TPSA) is 67.2 Å². The largest absolute Gasteiger partial charge is 0.316 e. The first-order valence-electron chi connectivity index (χ1n) is 6.36. The van der Waals surface area contributed by atoms with Crippen LogP contribution in [-0.4, -0.2) is 30.6 Å². The fourth-order valence-corrected chi connectivity index (χ4v) is 2.04. The maximum absolute atomic E-state index is 11.5. The number of nitrogens with two attached hydrogens (primary N) is 1. The van der Waals surface area contributed by atoms with Crippen LogP contribution in [0.25, 0.3) is 0 Å². The number of hydrogen-bond donors (Lipinski definition) is 3. The third-order valence-corrected chi connectivity index (χ3v) is 3.55. The lowest BCUT2D eigenvalue weighted by Gasteiger charge is -2.23. The molecule has 0 aliphatic carbocycles. The van der Waals surface area contributed by atoms with Crippen molar-refractivity contribution in [3.05, 3.63) is 0 Å². The van der Waals surface area contributed by atoms with Crippen LogP contribution in [0, 0.1) is 5.92 Å². The van der Waals surface area contributed by atoms with Crippen LogP contribution in [0.1, 0.15) is 40.0 Å². The van der Waals surface area contributed by atoms with Gasteiger partial charge in [0.15, 0.2) is 0 Å². The van der Waals surface area contributed by atoms with Crippen LogP contribution in [0.3, 0.4) is 0 Å². The summed E-state index contributed by atoms with van der Waals surface area (Å²) in [5.41, 5.74) is 6.04. The van der Waals surface area contributed by atoms with Crippen molar-refractivity contribution in [2.75, 3.05) is 6.54 Å². The van der Waals surface area contributed by atoms with Crippen LogP contribution in [0.5, 0.6) is 0 Å². The van der Waals surface area contributed by atoms with Crippen molar-refractivity contribution in [3.8, 4) is 0 Å². The Balaban J connectivity index is 2.33. The van der Waals surface area contributed by atoms with Crippen LogP contribution in [-0.2, 0) is 4.79 Å². The normalized spacial score (nSPS) is 29.0. The lowest BCUT2D eigenvalue weighted by atomic mass is 10.0. The number of nitrogens with one attached hydrogen (secondary N) is 2. The molecule has 4 nitrogen and oxygen atoms in total. The molecule has 2 unspecified atom stereocenters. The highest BCUT2D eigenvalue weighted by Gasteiger charge is 2.29. The van der Waals surface area contributed by atoms with Crippen molar-refractivity contribution in [1.82, 2.24) is 10.6 Å². The summed E-state index contributed by atoms with van der Waals surface area (Å²) < 4.78 is 0. The molecular formula is C12H25N3O. The highest BCUT2D eigenvalue weighted by Crippen LogP contribution is 2.11. The number of ketones is 1. The van der Waals surface area contributed by atoms with E-state index in [1.165, 1.54) is 0 Å². The van der Waals surface area contributed by atoms with Crippen molar-refractivity contribution < 1.29 is 4.79 Å². The Morgan fingerprint density at radius 3 is 2.81 bits per heavy atom. The van der Waals surface area contributed by atoms with Gasteiger partial charge in [-0.2, -0.15) is 0 Å². The summed E-state index contributed by atoms with van der Waals surface area (Å²) in [5, 5.41) is 6.65. The van der Waals surface area contributed by atoms with Crippen molar-refractivity contribution >= 4 is 5.78 Å². The van der Waals surface area contributed by atoms with Crippen molar-refractivity contribution in [3.63, 3.8) is 0 Å². The minimum absolute atomic E-state index is 0.0339.